The zero-order valence-corrected chi connectivity index (χ0v) is 26.8. The van der Waals surface area contributed by atoms with E-state index in [1.165, 1.54) is 18.2 Å². The summed E-state index contributed by atoms with van der Waals surface area (Å²) in [4.78, 5) is 76.1. The molecule has 1 amide bonds. The lowest BCUT2D eigenvalue weighted by Crippen LogP contribution is -2.61. The molecule has 0 bridgehead atoms. The number of carbonyl (C=O) groups excluding carboxylic acids is 5. The van der Waals surface area contributed by atoms with E-state index < -0.39 is 76.9 Å². The van der Waals surface area contributed by atoms with E-state index in [4.69, 9.17) is 9.94 Å². The first kappa shape index (κ1) is 35.3. The molecule has 4 aliphatic carbocycles. The van der Waals surface area contributed by atoms with E-state index in [2.05, 4.69) is 12.2 Å². The fourth-order valence-electron chi connectivity index (χ4n) is 8.94. The topological polar surface area (TPSA) is 231 Å². The molecule has 5 rings (SSSR count). The Morgan fingerprint density at radius 3 is 2.52 bits per heavy atom. The normalized spacial score (nSPS) is 32.1. The van der Waals surface area contributed by atoms with E-state index in [9.17, 15) is 49.3 Å². The molecule has 0 radical (unpaired) electrons. The summed E-state index contributed by atoms with van der Waals surface area (Å²) in [5, 5.41) is 53.7. The summed E-state index contributed by atoms with van der Waals surface area (Å²) in [6.07, 6.45) is 1.77. The van der Waals surface area contributed by atoms with Gasteiger partial charge in [0.05, 0.1) is 12.1 Å². The number of hydrogen-bond donors (Lipinski definition) is 5. The molecular formula is C34H41N2O12-. The quantitative estimate of drug-likeness (QED) is 0.168. The maximum atomic E-state index is 13.8. The minimum absolute atomic E-state index is 0.0119. The summed E-state index contributed by atoms with van der Waals surface area (Å²) in [6.45, 7) is 3.03. The summed E-state index contributed by atoms with van der Waals surface area (Å²) < 4.78 is 5.12. The molecule has 0 aromatic heterocycles. The first-order valence-corrected chi connectivity index (χ1v) is 16.2. The number of carboxylic acids is 1. The van der Waals surface area contributed by atoms with Crippen molar-refractivity contribution in [3.05, 3.63) is 46.7 Å². The SMILES string of the molecule is C[C@]12CCC(=O)C=C1CC[C@H]1[C@H]2C(=O)C[C@]2(C)[C@@H]1CC[C@]2(O)C(=O)COC(=O)CCC(=O)N[C@H](C(=O)O)[C@H](O)c1cccc(N([O-])O)c1. The Balaban J connectivity index is 1.16. The lowest BCUT2D eigenvalue weighted by atomic mass is 9.46. The maximum absolute atomic E-state index is 13.8. The smallest absolute Gasteiger partial charge is 0.329 e. The van der Waals surface area contributed by atoms with Gasteiger partial charge in [0.2, 0.25) is 11.7 Å². The Kier molecular flexibility index (Phi) is 9.67. The molecule has 3 saturated carbocycles. The highest BCUT2D eigenvalue weighted by atomic mass is 16.8. The van der Waals surface area contributed by atoms with Gasteiger partial charge in [-0.25, -0.2) is 4.79 Å². The number of allylic oxidation sites excluding steroid dienone is 1. The number of fused-ring (bicyclic) bond motifs is 5. The molecule has 3 fully saturated rings. The number of nitrogens with zero attached hydrogens (tertiary/aromatic N) is 1. The third kappa shape index (κ3) is 6.17. The Morgan fingerprint density at radius 2 is 1.83 bits per heavy atom. The van der Waals surface area contributed by atoms with Crippen LogP contribution < -0.4 is 10.5 Å². The molecule has 14 heteroatoms. The Hall–Kier alpha value is -3.98. The molecule has 260 valence electrons. The first-order chi connectivity index (χ1) is 22.5. The molecule has 0 unspecified atom stereocenters. The Labute approximate surface area is 276 Å². The van der Waals surface area contributed by atoms with E-state index in [0.29, 0.717) is 32.1 Å². The van der Waals surface area contributed by atoms with Crippen LogP contribution in [0.4, 0.5) is 5.69 Å². The fraction of sp³-hybridized carbons (Fsp3) is 0.588. The lowest BCUT2D eigenvalue weighted by molar-refractivity contribution is -0.173. The third-order valence-electron chi connectivity index (χ3n) is 11.5. The van der Waals surface area contributed by atoms with Crippen LogP contribution in [-0.2, 0) is 33.5 Å². The average molecular weight is 670 g/mol. The second kappa shape index (κ2) is 13.1. The number of carboxylic acid groups (broad SMARTS) is 1. The van der Waals surface area contributed by atoms with Gasteiger partial charge < -0.3 is 35.8 Å². The number of anilines is 1. The van der Waals surface area contributed by atoms with Crippen molar-refractivity contribution in [1.29, 1.82) is 0 Å². The van der Waals surface area contributed by atoms with Crippen molar-refractivity contribution in [1.82, 2.24) is 5.32 Å². The van der Waals surface area contributed by atoms with Gasteiger partial charge in [0.15, 0.2) is 18.4 Å². The van der Waals surface area contributed by atoms with Gasteiger partial charge >= 0.3 is 11.9 Å². The maximum Gasteiger partial charge on any atom is 0.329 e. The average Bonchev–Trinajstić information content (AvgIpc) is 3.31. The Morgan fingerprint density at radius 1 is 1.10 bits per heavy atom. The van der Waals surface area contributed by atoms with Crippen LogP contribution in [0.2, 0.25) is 0 Å². The number of nitrogens with one attached hydrogen (secondary N) is 1. The summed E-state index contributed by atoms with van der Waals surface area (Å²) in [5.41, 5.74) is -2.73. The predicted octanol–water partition coefficient (Wildman–Crippen LogP) is 2.32. The molecular weight excluding hydrogens is 628 g/mol. The van der Waals surface area contributed by atoms with Crippen molar-refractivity contribution in [2.45, 2.75) is 89.4 Å². The van der Waals surface area contributed by atoms with Crippen molar-refractivity contribution in [2.75, 3.05) is 11.8 Å². The van der Waals surface area contributed by atoms with Crippen molar-refractivity contribution in [3.63, 3.8) is 0 Å². The van der Waals surface area contributed by atoms with Gasteiger partial charge in [0.1, 0.15) is 17.5 Å². The molecule has 0 heterocycles. The summed E-state index contributed by atoms with van der Waals surface area (Å²) in [7, 11) is 0. The summed E-state index contributed by atoms with van der Waals surface area (Å²) in [5.74, 6) is -4.63. The molecule has 1 aromatic rings. The molecule has 48 heavy (non-hydrogen) atoms. The van der Waals surface area contributed by atoms with Crippen molar-refractivity contribution >= 4 is 40.9 Å². The monoisotopic (exact) mass is 669 g/mol. The highest BCUT2D eigenvalue weighted by Gasteiger charge is 2.68. The number of aliphatic carboxylic acids is 1. The minimum Gasteiger partial charge on any atom is -0.733 e. The highest BCUT2D eigenvalue weighted by molar-refractivity contribution is 5.95. The molecule has 8 atom stereocenters. The number of aliphatic hydroxyl groups is 2. The minimum atomic E-state index is -1.91. The number of aliphatic hydroxyl groups excluding tert-OH is 1. The van der Waals surface area contributed by atoms with Crippen LogP contribution in [0.1, 0.15) is 83.3 Å². The lowest BCUT2D eigenvalue weighted by Gasteiger charge is -2.57. The van der Waals surface area contributed by atoms with Crippen LogP contribution in [0.25, 0.3) is 0 Å². The van der Waals surface area contributed by atoms with Crippen molar-refractivity contribution in [3.8, 4) is 0 Å². The predicted molar refractivity (Wildman–Crippen MR) is 166 cm³/mol. The van der Waals surface area contributed by atoms with Gasteiger partial charge in [-0.05, 0) is 73.1 Å². The van der Waals surface area contributed by atoms with Gasteiger partial charge in [-0.2, -0.15) is 0 Å². The number of amides is 1. The standard InChI is InChI=1S/C34H41N2O12/c1-32-12-10-21(37)15-19(32)6-7-22-23-11-13-34(45,33(23,2)16-24(38)28(22)32)25(39)17-48-27(41)9-8-26(40)35-29(31(43)44)30(42)18-4-3-5-20(14-18)36(46)47/h3-5,14-15,22-23,28-30,42,45-46H,6-13,16-17H2,1-2H3,(H,35,40)(H,43,44)/q-1/t22-,23-,28+,29+,30-,32+,33-,34+/m1/s1. The van der Waals surface area contributed by atoms with Crippen LogP contribution >= 0.6 is 0 Å². The van der Waals surface area contributed by atoms with E-state index in [-0.39, 0.29) is 53.4 Å². The zero-order valence-electron chi connectivity index (χ0n) is 26.8. The largest absolute Gasteiger partial charge is 0.733 e. The Bertz CT molecular complexity index is 1560. The van der Waals surface area contributed by atoms with Crippen LogP contribution in [0.5, 0.6) is 0 Å². The number of ether oxygens (including phenoxy) is 1. The number of esters is 1. The second-order valence-electron chi connectivity index (χ2n) is 14.1. The van der Waals surface area contributed by atoms with Crippen molar-refractivity contribution in [2.24, 2.45) is 28.6 Å². The van der Waals surface area contributed by atoms with Crippen LogP contribution in [0.15, 0.2) is 35.9 Å². The number of ketones is 3. The van der Waals surface area contributed by atoms with E-state index in [0.717, 1.165) is 11.6 Å². The van der Waals surface area contributed by atoms with E-state index in [1.807, 2.05) is 0 Å². The number of benzene rings is 1. The zero-order chi connectivity index (χ0) is 35.2. The molecule has 14 nitrogen and oxygen atoms in total. The second-order valence-corrected chi connectivity index (χ2v) is 14.1. The van der Waals surface area contributed by atoms with E-state index in [1.54, 1.807) is 13.0 Å². The third-order valence-corrected chi connectivity index (χ3v) is 11.5. The van der Waals surface area contributed by atoms with Crippen molar-refractivity contribution < 1.29 is 54.0 Å². The number of rotatable bonds is 11. The molecule has 0 spiro atoms. The molecule has 1 aromatic carbocycles. The van der Waals surface area contributed by atoms with Crippen LogP contribution in [-0.4, -0.2) is 74.0 Å². The van der Waals surface area contributed by atoms with Gasteiger partial charge in [-0.3, -0.25) is 29.2 Å². The number of carbonyl (C=O) groups is 6. The molecule has 0 aliphatic heterocycles. The summed E-state index contributed by atoms with van der Waals surface area (Å²) in [6, 6.07) is 2.98. The highest BCUT2D eigenvalue weighted by Crippen LogP contribution is 2.66. The molecule has 4 aliphatic rings. The van der Waals surface area contributed by atoms with Crippen LogP contribution in [0.3, 0.4) is 0 Å². The van der Waals surface area contributed by atoms with Gasteiger partial charge in [0.25, 0.3) is 0 Å². The van der Waals surface area contributed by atoms with Gasteiger partial charge in [0, 0.05) is 30.6 Å². The van der Waals surface area contributed by atoms with Gasteiger partial charge in [-0.15, -0.1) is 0 Å². The van der Waals surface area contributed by atoms with Gasteiger partial charge in [-0.1, -0.05) is 31.6 Å². The molecule has 0 saturated heterocycles. The number of Topliss-reactive ketones (excluding diaryl/α,β-unsaturated/α-hetero) is 2. The van der Waals surface area contributed by atoms with E-state index >= 15 is 0 Å². The first-order valence-electron chi connectivity index (χ1n) is 16.2. The van der Waals surface area contributed by atoms with Crippen LogP contribution in [0, 0.1) is 33.8 Å². The summed E-state index contributed by atoms with van der Waals surface area (Å²) >= 11 is 0. The fourth-order valence-corrected chi connectivity index (χ4v) is 8.94. The molecule has 5 N–H and O–H groups in total. The number of hydrogen-bond acceptors (Lipinski definition) is 12.